The third kappa shape index (κ3) is 1.95. The van der Waals surface area contributed by atoms with E-state index >= 15 is 0 Å². The average molecular weight is 251 g/mol. The van der Waals surface area contributed by atoms with Crippen molar-refractivity contribution in [1.29, 1.82) is 0 Å². The van der Waals surface area contributed by atoms with Crippen LogP contribution in [-0.4, -0.2) is 23.7 Å². The zero-order valence-electron chi connectivity index (χ0n) is 9.76. The molecule has 2 fully saturated rings. The first kappa shape index (κ1) is 11.1. The van der Waals surface area contributed by atoms with Gasteiger partial charge in [0.15, 0.2) is 0 Å². The van der Waals surface area contributed by atoms with Crippen LogP contribution in [0.5, 0.6) is 0 Å². The van der Waals surface area contributed by atoms with Gasteiger partial charge in [0.05, 0.1) is 5.00 Å². The third-order valence-corrected chi connectivity index (χ3v) is 5.21. The molecule has 3 nitrogen and oxygen atoms in total. The molecule has 1 saturated carbocycles. The van der Waals surface area contributed by atoms with Crippen LogP contribution in [0.2, 0.25) is 0 Å². The van der Waals surface area contributed by atoms with E-state index in [2.05, 4.69) is 4.90 Å². The number of carbonyl (C=O) groups is 1. The zero-order chi connectivity index (χ0) is 11.8. The van der Waals surface area contributed by atoms with Crippen LogP contribution < -0.4 is 4.90 Å². The second kappa shape index (κ2) is 4.33. The molecule has 0 amide bonds. The molecule has 92 valence electrons. The van der Waals surface area contributed by atoms with Crippen molar-refractivity contribution < 1.29 is 9.90 Å². The first-order chi connectivity index (χ1) is 8.25. The molecule has 0 radical (unpaired) electrons. The topological polar surface area (TPSA) is 40.5 Å². The Hall–Kier alpha value is -1.03. The van der Waals surface area contributed by atoms with Gasteiger partial charge in [-0.1, -0.05) is 12.8 Å². The van der Waals surface area contributed by atoms with Gasteiger partial charge >= 0.3 is 5.97 Å². The predicted octanol–water partition coefficient (Wildman–Crippen LogP) is 3.22. The van der Waals surface area contributed by atoms with Crippen molar-refractivity contribution in [1.82, 2.24) is 0 Å². The molecule has 2 aliphatic rings. The molecule has 1 aromatic heterocycles. The highest BCUT2D eigenvalue weighted by Gasteiger charge is 2.36. The Morgan fingerprint density at radius 3 is 2.88 bits per heavy atom. The smallest absolute Gasteiger partial charge is 0.345 e. The Morgan fingerprint density at radius 2 is 2.12 bits per heavy atom. The van der Waals surface area contributed by atoms with E-state index in [1.807, 2.05) is 6.07 Å². The third-order valence-electron chi connectivity index (χ3n) is 4.10. The van der Waals surface area contributed by atoms with Crippen LogP contribution in [0.15, 0.2) is 12.1 Å². The van der Waals surface area contributed by atoms with E-state index in [-0.39, 0.29) is 0 Å². The fraction of sp³-hybridized carbons (Fsp3) is 0.615. The van der Waals surface area contributed by atoms with Gasteiger partial charge in [-0.15, -0.1) is 11.3 Å². The Kier molecular flexibility index (Phi) is 2.82. The molecular formula is C13H17NO2S. The normalized spacial score (nSPS) is 28.1. The monoisotopic (exact) mass is 251 g/mol. The Morgan fingerprint density at radius 1 is 1.29 bits per heavy atom. The lowest BCUT2D eigenvalue weighted by Crippen LogP contribution is -2.34. The minimum atomic E-state index is -0.805. The van der Waals surface area contributed by atoms with Crippen LogP contribution in [0.1, 0.15) is 41.8 Å². The maximum absolute atomic E-state index is 10.9. The molecule has 2 unspecified atom stereocenters. The van der Waals surface area contributed by atoms with Crippen LogP contribution in [-0.2, 0) is 0 Å². The summed E-state index contributed by atoms with van der Waals surface area (Å²) < 4.78 is 0. The molecule has 1 aliphatic carbocycles. The van der Waals surface area contributed by atoms with E-state index in [1.54, 1.807) is 6.07 Å². The van der Waals surface area contributed by atoms with Crippen molar-refractivity contribution >= 4 is 22.3 Å². The van der Waals surface area contributed by atoms with Gasteiger partial charge in [0.2, 0.25) is 0 Å². The first-order valence-electron chi connectivity index (χ1n) is 6.35. The number of carboxylic acids is 1. The maximum Gasteiger partial charge on any atom is 0.345 e. The molecule has 1 N–H and O–H groups in total. The first-order valence-corrected chi connectivity index (χ1v) is 7.17. The summed E-state index contributed by atoms with van der Waals surface area (Å²) in [6.07, 6.45) is 6.63. The highest BCUT2D eigenvalue weighted by atomic mass is 32.1. The summed E-state index contributed by atoms with van der Waals surface area (Å²) in [5, 5.41) is 10.1. The van der Waals surface area contributed by atoms with Gasteiger partial charge in [0, 0.05) is 12.6 Å². The van der Waals surface area contributed by atoms with Crippen molar-refractivity contribution in [3.8, 4) is 0 Å². The van der Waals surface area contributed by atoms with Gasteiger partial charge in [0.25, 0.3) is 0 Å². The second-order valence-electron chi connectivity index (χ2n) is 5.04. The summed E-state index contributed by atoms with van der Waals surface area (Å²) in [7, 11) is 0. The molecule has 0 spiro atoms. The minimum absolute atomic E-state index is 0.458. The number of aromatic carboxylic acids is 1. The van der Waals surface area contributed by atoms with E-state index in [9.17, 15) is 4.79 Å². The van der Waals surface area contributed by atoms with Crippen LogP contribution >= 0.6 is 11.3 Å². The number of anilines is 1. The van der Waals surface area contributed by atoms with Gasteiger partial charge in [-0.25, -0.2) is 4.79 Å². The Bertz CT molecular complexity index is 429. The summed E-state index contributed by atoms with van der Waals surface area (Å²) in [6.45, 7) is 1.11. The van der Waals surface area contributed by atoms with Crippen molar-refractivity contribution in [3.63, 3.8) is 0 Å². The summed E-state index contributed by atoms with van der Waals surface area (Å²) >= 11 is 1.42. The van der Waals surface area contributed by atoms with Crippen molar-refractivity contribution in [2.24, 2.45) is 5.92 Å². The molecule has 17 heavy (non-hydrogen) atoms. The zero-order valence-corrected chi connectivity index (χ0v) is 10.6. The molecule has 0 aromatic carbocycles. The molecular weight excluding hydrogens is 234 g/mol. The SMILES string of the molecule is O=C(O)c1ccc(N2CCC3CCCCC32)s1. The summed E-state index contributed by atoms with van der Waals surface area (Å²) in [4.78, 5) is 13.8. The van der Waals surface area contributed by atoms with Gasteiger partial charge in [-0.2, -0.15) is 0 Å². The van der Waals surface area contributed by atoms with Crippen LogP contribution in [0.3, 0.4) is 0 Å². The largest absolute Gasteiger partial charge is 0.477 e. The number of hydrogen-bond donors (Lipinski definition) is 1. The average Bonchev–Trinajstić information content (AvgIpc) is 2.95. The molecule has 0 bridgehead atoms. The molecule has 1 aromatic rings. The van der Waals surface area contributed by atoms with Gasteiger partial charge < -0.3 is 10.0 Å². The van der Waals surface area contributed by atoms with Gasteiger partial charge in [-0.3, -0.25) is 0 Å². The fourth-order valence-corrected chi connectivity index (χ4v) is 4.21. The number of fused-ring (bicyclic) bond motifs is 1. The van der Waals surface area contributed by atoms with Crippen molar-refractivity contribution in [2.45, 2.75) is 38.1 Å². The van der Waals surface area contributed by atoms with E-state index in [1.165, 1.54) is 43.4 Å². The van der Waals surface area contributed by atoms with Gasteiger partial charge in [0.1, 0.15) is 4.88 Å². The Balaban J connectivity index is 1.81. The quantitative estimate of drug-likeness (QED) is 0.877. The summed E-state index contributed by atoms with van der Waals surface area (Å²) in [5.41, 5.74) is 0. The summed E-state index contributed by atoms with van der Waals surface area (Å²) in [5.74, 6) is 0.0415. The molecule has 1 saturated heterocycles. The lowest BCUT2D eigenvalue weighted by Gasteiger charge is -2.32. The number of rotatable bonds is 2. The van der Waals surface area contributed by atoms with Crippen molar-refractivity contribution in [2.75, 3.05) is 11.4 Å². The lowest BCUT2D eigenvalue weighted by atomic mass is 9.85. The standard InChI is InChI=1S/C13H17NO2S/c15-13(16)11-5-6-12(17-11)14-8-7-9-3-1-2-4-10(9)14/h5-6,9-10H,1-4,7-8H2,(H,15,16). The molecule has 1 aliphatic heterocycles. The van der Waals surface area contributed by atoms with Crippen LogP contribution in [0.4, 0.5) is 5.00 Å². The minimum Gasteiger partial charge on any atom is -0.477 e. The van der Waals surface area contributed by atoms with E-state index in [0.717, 1.165) is 17.5 Å². The number of hydrogen-bond acceptors (Lipinski definition) is 3. The number of thiophene rings is 1. The molecule has 3 rings (SSSR count). The number of nitrogens with zero attached hydrogens (tertiary/aromatic N) is 1. The number of carboxylic acid groups (broad SMARTS) is 1. The van der Waals surface area contributed by atoms with E-state index in [0.29, 0.717) is 10.9 Å². The van der Waals surface area contributed by atoms with E-state index in [4.69, 9.17) is 5.11 Å². The second-order valence-corrected chi connectivity index (χ2v) is 6.10. The summed E-state index contributed by atoms with van der Waals surface area (Å²) in [6, 6.07) is 4.38. The molecule has 2 atom stereocenters. The highest BCUT2D eigenvalue weighted by Crippen LogP contribution is 2.40. The van der Waals surface area contributed by atoms with Gasteiger partial charge in [-0.05, 0) is 37.3 Å². The van der Waals surface area contributed by atoms with Crippen LogP contribution in [0.25, 0.3) is 0 Å². The van der Waals surface area contributed by atoms with Crippen molar-refractivity contribution in [3.05, 3.63) is 17.0 Å². The highest BCUT2D eigenvalue weighted by molar-refractivity contribution is 7.17. The fourth-order valence-electron chi connectivity index (χ4n) is 3.28. The maximum atomic E-state index is 10.9. The van der Waals surface area contributed by atoms with Crippen LogP contribution in [0, 0.1) is 5.92 Å². The Labute approximate surface area is 105 Å². The lowest BCUT2D eigenvalue weighted by molar-refractivity contribution is 0.0702. The van der Waals surface area contributed by atoms with E-state index < -0.39 is 5.97 Å². The predicted molar refractivity (Wildman–Crippen MR) is 69.0 cm³/mol. The molecule has 4 heteroatoms. The molecule has 2 heterocycles.